The molecule has 0 aliphatic heterocycles. The Labute approximate surface area is 495 Å². The summed E-state index contributed by atoms with van der Waals surface area (Å²) in [5.74, 6) is 0. The van der Waals surface area contributed by atoms with Crippen LogP contribution in [0, 0.1) is 0 Å². The van der Waals surface area contributed by atoms with E-state index in [9.17, 15) is 0 Å². The van der Waals surface area contributed by atoms with Crippen LogP contribution in [0.4, 0.5) is 0 Å². The zero-order valence-corrected chi connectivity index (χ0v) is 48.8. The second kappa shape index (κ2) is 16.6. The van der Waals surface area contributed by atoms with E-state index in [1.54, 1.807) is 0 Å². The number of rotatable bonds is 4. The lowest BCUT2D eigenvalue weighted by Gasteiger charge is -2.21. The predicted molar refractivity (Wildman–Crippen MR) is 366 cm³/mol. The summed E-state index contributed by atoms with van der Waals surface area (Å²) in [5.41, 5.74) is 21.2. The summed E-state index contributed by atoms with van der Waals surface area (Å²) >= 11 is 0. The van der Waals surface area contributed by atoms with Crippen LogP contribution in [0.25, 0.3) is 175 Å². The minimum absolute atomic E-state index is 0.126. The summed E-state index contributed by atoms with van der Waals surface area (Å²) in [4.78, 5) is 5.86. The summed E-state index contributed by atoms with van der Waals surface area (Å²) in [5, 5.41) is 19.9. The number of pyridine rings is 1. The molecule has 406 valence electrons. The molecule has 19 aromatic rings. The zero-order chi connectivity index (χ0) is 57.2. The number of benzene rings is 12. The maximum atomic E-state index is 5.86. The maximum Gasteiger partial charge on any atom is 0.146 e. The van der Waals surface area contributed by atoms with Gasteiger partial charge in [0.2, 0.25) is 0 Å². The van der Waals surface area contributed by atoms with Crippen molar-refractivity contribution >= 4 is 141 Å². The summed E-state index contributed by atoms with van der Waals surface area (Å²) in [7, 11) is 0. The molecule has 86 heavy (non-hydrogen) atoms. The van der Waals surface area contributed by atoms with Crippen LogP contribution in [0.3, 0.4) is 0 Å². The molecule has 12 aromatic carbocycles. The van der Waals surface area contributed by atoms with Crippen molar-refractivity contribution < 1.29 is 0 Å². The van der Waals surface area contributed by atoms with Gasteiger partial charge in [-0.25, -0.2) is 4.98 Å². The molecule has 0 amide bonds. The third kappa shape index (κ3) is 6.26. The van der Waals surface area contributed by atoms with Crippen LogP contribution in [0.2, 0.25) is 0 Å². The van der Waals surface area contributed by atoms with Crippen molar-refractivity contribution in [2.75, 3.05) is 0 Å². The Morgan fingerprint density at radius 3 is 1.42 bits per heavy atom. The third-order valence-electron chi connectivity index (χ3n) is 19.5. The summed E-state index contributed by atoms with van der Waals surface area (Å²) in [6.45, 7) is 14.2. The molecule has 0 fully saturated rings. The summed E-state index contributed by atoms with van der Waals surface area (Å²) in [6.07, 6.45) is 2.22. The fourth-order valence-electron chi connectivity index (χ4n) is 15.5. The highest BCUT2D eigenvalue weighted by Gasteiger charge is 2.32. The predicted octanol–water partition coefficient (Wildman–Crippen LogP) is 21.8. The van der Waals surface area contributed by atoms with Crippen molar-refractivity contribution in [1.82, 2.24) is 22.9 Å². The maximum absolute atomic E-state index is 5.86. The van der Waals surface area contributed by atoms with Gasteiger partial charge >= 0.3 is 0 Å². The van der Waals surface area contributed by atoms with E-state index in [2.05, 4.69) is 296 Å². The van der Waals surface area contributed by atoms with Gasteiger partial charge in [0.15, 0.2) is 0 Å². The molecule has 19 rings (SSSR count). The Kier molecular flexibility index (Phi) is 9.28. The lowest BCUT2D eigenvalue weighted by Crippen LogP contribution is -2.11. The van der Waals surface area contributed by atoms with E-state index in [1.807, 2.05) is 0 Å². The van der Waals surface area contributed by atoms with Crippen LogP contribution >= 0.6 is 0 Å². The van der Waals surface area contributed by atoms with E-state index in [-0.39, 0.29) is 10.8 Å². The molecule has 0 aliphatic rings. The van der Waals surface area contributed by atoms with Crippen LogP contribution in [0.1, 0.15) is 52.7 Å². The molecule has 0 atom stereocenters. The van der Waals surface area contributed by atoms with Crippen molar-refractivity contribution in [2.45, 2.75) is 52.4 Å². The standard InChI is InChI=1S/C81H57N5/c1-80(2,3)50-41-58(48-33-35-68-59(37-48)56-29-17-19-31-66(56)83(68)52-23-9-7-10-24-52)75-64(43-50)72-55-28-16-14-22-47(55)39-63-73-70(85(75)78(63)72)45-82-79-74(73)65-44-51(81(4,5)6)42-62-61-38-46-21-13-15-27-54(46)71(77(61)86(79)76(62)65)49-34-36-69-60(40-49)57-30-18-20-32-67(57)84(69)53-25-11-8-12-26-53/h7-45H,1-6H3. The highest BCUT2D eigenvalue weighted by atomic mass is 15.0. The molecule has 7 heterocycles. The molecule has 7 aromatic heterocycles. The molecule has 0 spiro atoms. The molecule has 0 aliphatic carbocycles. The SMILES string of the molecule is CC(C)(C)c1cc(-c2ccc3c(c2)c2ccccc2n3-c2ccccc2)c2c(c1)c1c3ccccc3cc3c4c5c6cc(C(C)(C)C)cc7c8cc9ccccc9c(-c9ccc%10c(c9)c9ccccc9n%10-c9ccccc9)c8n(c5ncc4n2c31)c76. The Morgan fingerprint density at radius 2 is 0.779 bits per heavy atom. The molecule has 0 N–H and O–H groups in total. The number of fused-ring (bicyclic) bond motifs is 22. The van der Waals surface area contributed by atoms with Gasteiger partial charge in [0, 0.05) is 87.1 Å². The van der Waals surface area contributed by atoms with E-state index in [1.165, 1.54) is 164 Å². The normalized spacial score (nSPS) is 13.0. The molecule has 5 heteroatoms. The van der Waals surface area contributed by atoms with Gasteiger partial charge in [-0.15, -0.1) is 0 Å². The van der Waals surface area contributed by atoms with Crippen molar-refractivity contribution in [3.8, 4) is 33.6 Å². The molecule has 0 radical (unpaired) electrons. The van der Waals surface area contributed by atoms with Crippen LogP contribution in [-0.4, -0.2) is 22.9 Å². The lowest BCUT2D eigenvalue weighted by molar-refractivity contribution is 0.591. The van der Waals surface area contributed by atoms with Crippen molar-refractivity contribution in [1.29, 1.82) is 0 Å². The van der Waals surface area contributed by atoms with Gasteiger partial charge < -0.3 is 13.5 Å². The number of nitrogens with zero attached hydrogens (tertiary/aromatic N) is 5. The Morgan fingerprint density at radius 1 is 0.302 bits per heavy atom. The molecule has 0 unspecified atom stereocenters. The monoisotopic (exact) mass is 1100 g/mol. The molecule has 0 saturated heterocycles. The number of aromatic nitrogens is 5. The van der Waals surface area contributed by atoms with Crippen molar-refractivity contribution in [3.05, 3.63) is 248 Å². The van der Waals surface area contributed by atoms with Gasteiger partial charge in [-0.1, -0.05) is 175 Å². The highest BCUT2D eigenvalue weighted by Crippen LogP contribution is 2.53. The van der Waals surface area contributed by atoms with Crippen LogP contribution in [0.5, 0.6) is 0 Å². The van der Waals surface area contributed by atoms with Gasteiger partial charge in [0.25, 0.3) is 0 Å². The number of para-hydroxylation sites is 4. The topological polar surface area (TPSA) is 31.6 Å². The first-order valence-corrected chi connectivity index (χ1v) is 30.3. The minimum atomic E-state index is -0.142. The lowest BCUT2D eigenvalue weighted by atomic mass is 9.83. The van der Waals surface area contributed by atoms with Crippen LogP contribution in [0.15, 0.2) is 237 Å². The van der Waals surface area contributed by atoms with E-state index in [0.717, 1.165) is 22.5 Å². The minimum Gasteiger partial charge on any atom is -0.309 e. The van der Waals surface area contributed by atoms with Crippen LogP contribution in [-0.2, 0) is 10.8 Å². The van der Waals surface area contributed by atoms with Crippen molar-refractivity contribution in [2.24, 2.45) is 0 Å². The second-order valence-corrected chi connectivity index (χ2v) is 26.3. The Hall–Kier alpha value is -10.5. The first kappa shape index (κ1) is 47.9. The number of hydrogen-bond donors (Lipinski definition) is 0. The van der Waals surface area contributed by atoms with E-state index < -0.39 is 0 Å². The van der Waals surface area contributed by atoms with E-state index in [0.29, 0.717) is 0 Å². The fourth-order valence-corrected chi connectivity index (χ4v) is 15.5. The smallest absolute Gasteiger partial charge is 0.146 e. The largest absolute Gasteiger partial charge is 0.309 e. The van der Waals surface area contributed by atoms with E-state index in [4.69, 9.17) is 4.98 Å². The second-order valence-electron chi connectivity index (χ2n) is 26.3. The van der Waals surface area contributed by atoms with Gasteiger partial charge in [0.1, 0.15) is 5.65 Å². The average Bonchev–Trinajstić information content (AvgIpc) is 1.53. The molecule has 0 bridgehead atoms. The highest BCUT2D eigenvalue weighted by molar-refractivity contribution is 6.39. The number of hydrogen-bond acceptors (Lipinski definition) is 1. The van der Waals surface area contributed by atoms with Crippen LogP contribution < -0.4 is 0 Å². The molecular weight excluding hydrogens is 1040 g/mol. The molecule has 5 nitrogen and oxygen atoms in total. The van der Waals surface area contributed by atoms with E-state index >= 15 is 0 Å². The Bertz CT molecular complexity index is 6130. The average molecular weight is 1100 g/mol. The first-order valence-electron chi connectivity index (χ1n) is 30.3. The Balaban J connectivity index is 0.968. The zero-order valence-electron chi connectivity index (χ0n) is 48.8. The van der Waals surface area contributed by atoms with Gasteiger partial charge in [-0.2, -0.15) is 0 Å². The first-order chi connectivity index (χ1) is 42.0. The summed E-state index contributed by atoms with van der Waals surface area (Å²) < 4.78 is 10.0. The van der Waals surface area contributed by atoms with Gasteiger partial charge in [0.05, 0.1) is 55.8 Å². The summed E-state index contributed by atoms with van der Waals surface area (Å²) in [6, 6.07) is 86.8. The fraction of sp³-hybridized carbons (Fsp3) is 0.0988. The quantitative estimate of drug-likeness (QED) is 0.173. The third-order valence-corrected chi connectivity index (χ3v) is 19.5. The van der Waals surface area contributed by atoms with Gasteiger partial charge in [-0.3, -0.25) is 4.40 Å². The molecular formula is C81H57N5. The van der Waals surface area contributed by atoms with Gasteiger partial charge in [-0.05, 0) is 152 Å². The molecule has 0 saturated carbocycles. The van der Waals surface area contributed by atoms with Crippen molar-refractivity contribution in [3.63, 3.8) is 0 Å².